The highest BCUT2D eigenvalue weighted by Gasteiger charge is 2.05. The molecule has 0 aliphatic heterocycles. The summed E-state index contributed by atoms with van der Waals surface area (Å²) in [5.41, 5.74) is 0.606. The van der Waals surface area contributed by atoms with Crippen LogP contribution in [-0.2, 0) is 6.54 Å². The monoisotopic (exact) mass is 319 g/mol. The third-order valence-electron chi connectivity index (χ3n) is 4.14. The molecule has 0 saturated carbocycles. The third-order valence-corrected chi connectivity index (χ3v) is 4.14. The number of fused-ring (bicyclic) bond motifs is 2. The van der Waals surface area contributed by atoms with E-state index in [1.54, 1.807) is 23.1 Å². The Morgan fingerprint density at radius 1 is 0.958 bits per heavy atom. The molecular formula is C20H17NO3. The van der Waals surface area contributed by atoms with Crippen LogP contribution in [-0.4, -0.2) is 11.2 Å². The van der Waals surface area contributed by atoms with Crippen molar-refractivity contribution in [2.24, 2.45) is 0 Å². The van der Waals surface area contributed by atoms with Crippen molar-refractivity contribution in [3.8, 4) is 5.75 Å². The lowest BCUT2D eigenvalue weighted by Gasteiger charge is -2.10. The molecule has 4 aromatic rings. The quantitative estimate of drug-likeness (QED) is 0.517. The summed E-state index contributed by atoms with van der Waals surface area (Å²) < 4.78 is 12.9. The van der Waals surface area contributed by atoms with Gasteiger partial charge in [-0.3, -0.25) is 4.79 Å². The van der Waals surface area contributed by atoms with Gasteiger partial charge in [-0.05, 0) is 30.0 Å². The lowest BCUT2D eigenvalue weighted by molar-refractivity contribution is 0.304. The Kier molecular flexibility index (Phi) is 3.79. The molecule has 2 heterocycles. The summed E-state index contributed by atoms with van der Waals surface area (Å²) in [5.74, 6) is 0.880. The number of hydrogen-bond acceptors (Lipinski definition) is 3. The van der Waals surface area contributed by atoms with E-state index < -0.39 is 0 Å². The van der Waals surface area contributed by atoms with Gasteiger partial charge in [0.05, 0.1) is 18.3 Å². The second-order valence-corrected chi connectivity index (χ2v) is 5.69. The smallest absolute Gasteiger partial charge is 0.261 e. The molecule has 4 heteroatoms. The molecule has 0 bridgehead atoms. The number of nitrogens with zero attached hydrogens (tertiary/aromatic N) is 1. The number of benzene rings is 2. The summed E-state index contributed by atoms with van der Waals surface area (Å²) in [6.45, 7) is 1.18. The number of aryl methyl sites for hydroxylation is 1. The molecule has 4 rings (SSSR count). The van der Waals surface area contributed by atoms with Gasteiger partial charge >= 0.3 is 0 Å². The molecule has 24 heavy (non-hydrogen) atoms. The Morgan fingerprint density at radius 3 is 2.79 bits per heavy atom. The predicted molar refractivity (Wildman–Crippen MR) is 94.5 cm³/mol. The second-order valence-electron chi connectivity index (χ2n) is 5.69. The molecule has 4 nitrogen and oxygen atoms in total. The first kappa shape index (κ1) is 14.6. The summed E-state index contributed by atoms with van der Waals surface area (Å²) in [5, 5.41) is 2.89. The van der Waals surface area contributed by atoms with Crippen LogP contribution >= 0.6 is 0 Å². The molecule has 0 fully saturated rings. The average molecular weight is 319 g/mol. The van der Waals surface area contributed by atoms with E-state index in [4.69, 9.17) is 9.15 Å². The van der Waals surface area contributed by atoms with E-state index in [-0.39, 0.29) is 5.56 Å². The van der Waals surface area contributed by atoms with Crippen LogP contribution in [0.4, 0.5) is 0 Å². The van der Waals surface area contributed by atoms with E-state index in [1.165, 1.54) is 0 Å². The Morgan fingerprint density at radius 2 is 1.83 bits per heavy atom. The number of aromatic nitrogens is 1. The van der Waals surface area contributed by atoms with E-state index in [2.05, 4.69) is 18.2 Å². The number of rotatable bonds is 5. The minimum Gasteiger partial charge on any atom is -0.493 e. The summed E-state index contributed by atoms with van der Waals surface area (Å²) in [6.07, 6.45) is 4.07. The van der Waals surface area contributed by atoms with Gasteiger partial charge in [0.15, 0.2) is 0 Å². The lowest BCUT2D eigenvalue weighted by Crippen LogP contribution is -2.20. The first-order valence-electron chi connectivity index (χ1n) is 8.00. The zero-order valence-electron chi connectivity index (χ0n) is 13.1. The molecule has 2 aromatic heterocycles. The number of furan rings is 1. The van der Waals surface area contributed by atoms with Crippen LogP contribution in [0.3, 0.4) is 0 Å². The van der Waals surface area contributed by atoms with Gasteiger partial charge < -0.3 is 13.7 Å². The van der Waals surface area contributed by atoms with Crippen molar-refractivity contribution in [2.45, 2.75) is 13.0 Å². The lowest BCUT2D eigenvalue weighted by atomic mass is 10.1. The molecule has 0 N–H and O–H groups in total. The van der Waals surface area contributed by atoms with E-state index in [1.807, 2.05) is 30.3 Å². The molecule has 0 radical (unpaired) electrons. The fourth-order valence-corrected chi connectivity index (χ4v) is 2.92. The van der Waals surface area contributed by atoms with Crippen LogP contribution in [0.1, 0.15) is 6.42 Å². The van der Waals surface area contributed by atoms with Crippen molar-refractivity contribution >= 4 is 21.7 Å². The van der Waals surface area contributed by atoms with Gasteiger partial charge in [-0.2, -0.15) is 0 Å². The van der Waals surface area contributed by atoms with Crippen molar-refractivity contribution in [2.75, 3.05) is 6.61 Å². The average Bonchev–Trinajstić information content (AvgIpc) is 3.10. The normalized spacial score (nSPS) is 11.2. The fraction of sp³-hybridized carbons (Fsp3) is 0.150. The standard InChI is InChI=1S/C20H17NO3/c22-20-17-10-14-24-19(17)9-12-21(20)11-4-13-23-18-8-3-6-15-5-1-2-7-16(15)18/h1-3,5-10,12,14H,4,11,13H2. The maximum atomic E-state index is 12.3. The first-order chi connectivity index (χ1) is 11.8. The minimum absolute atomic E-state index is 0.0218. The number of hydrogen-bond donors (Lipinski definition) is 0. The fourth-order valence-electron chi connectivity index (χ4n) is 2.92. The van der Waals surface area contributed by atoms with Crippen molar-refractivity contribution in [3.05, 3.63) is 77.4 Å². The Hall–Kier alpha value is -3.01. The van der Waals surface area contributed by atoms with Crippen molar-refractivity contribution in [3.63, 3.8) is 0 Å². The van der Waals surface area contributed by atoms with E-state index in [9.17, 15) is 4.79 Å². The van der Waals surface area contributed by atoms with Gasteiger partial charge in [-0.15, -0.1) is 0 Å². The van der Waals surface area contributed by atoms with Crippen LogP contribution in [0.5, 0.6) is 5.75 Å². The predicted octanol–water partition coefficient (Wildman–Crippen LogP) is 4.22. The molecule has 0 aliphatic rings. The number of ether oxygens (including phenoxy) is 1. The van der Waals surface area contributed by atoms with Gasteiger partial charge in [-0.1, -0.05) is 36.4 Å². The molecule has 2 aromatic carbocycles. The van der Waals surface area contributed by atoms with Gasteiger partial charge in [-0.25, -0.2) is 0 Å². The van der Waals surface area contributed by atoms with Crippen molar-refractivity contribution in [1.29, 1.82) is 0 Å². The van der Waals surface area contributed by atoms with Crippen LogP contribution in [0.2, 0.25) is 0 Å². The maximum Gasteiger partial charge on any atom is 0.261 e. The molecule has 0 amide bonds. The number of pyridine rings is 1. The second kappa shape index (κ2) is 6.24. The van der Waals surface area contributed by atoms with Crippen molar-refractivity contribution in [1.82, 2.24) is 4.57 Å². The van der Waals surface area contributed by atoms with Gasteiger partial charge in [0.1, 0.15) is 11.3 Å². The summed E-state index contributed by atoms with van der Waals surface area (Å²) in [4.78, 5) is 12.3. The highest BCUT2D eigenvalue weighted by atomic mass is 16.5. The zero-order chi connectivity index (χ0) is 16.4. The molecule has 0 spiro atoms. The Balaban J connectivity index is 1.43. The molecule has 0 unspecified atom stereocenters. The van der Waals surface area contributed by atoms with E-state index >= 15 is 0 Å². The minimum atomic E-state index is -0.0218. The molecule has 120 valence electrons. The zero-order valence-corrected chi connectivity index (χ0v) is 13.1. The molecular weight excluding hydrogens is 302 g/mol. The molecule has 0 saturated heterocycles. The highest BCUT2D eigenvalue weighted by Crippen LogP contribution is 2.25. The summed E-state index contributed by atoms with van der Waals surface area (Å²) >= 11 is 0. The van der Waals surface area contributed by atoms with E-state index in [0.29, 0.717) is 24.1 Å². The van der Waals surface area contributed by atoms with Crippen LogP contribution in [0, 0.1) is 0 Å². The SMILES string of the molecule is O=c1c2ccoc2ccn1CCCOc1cccc2ccccc12. The molecule has 0 aliphatic carbocycles. The van der Waals surface area contributed by atoms with Crippen LogP contribution < -0.4 is 10.3 Å². The Labute approximate surface area is 138 Å². The van der Waals surface area contributed by atoms with E-state index in [0.717, 1.165) is 22.9 Å². The van der Waals surface area contributed by atoms with Gasteiger partial charge in [0.2, 0.25) is 0 Å². The summed E-state index contributed by atoms with van der Waals surface area (Å²) in [6, 6.07) is 17.7. The highest BCUT2D eigenvalue weighted by molar-refractivity contribution is 5.88. The summed E-state index contributed by atoms with van der Waals surface area (Å²) in [7, 11) is 0. The van der Waals surface area contributed by atoms with Gasteiger partial charge in [0.25, 0.3) is 5.56 Å². The topological polar surface area (TPSA) is 44.4 Å². The largest absolute Gasteiger partial charge is 0.493 e. The van der Waals surface area contributed by atoms with Crippen LogP contribution in [0.25, 0.3) is 21.7 Å². The maximum absolute atomic E-state index is 12.3. The van der Waals surface area contributed by atoms with Crippen molar-refractivity contribution < 1.29 is 9.15 Å². The van der Waals surface area contributed by atoms with Gasteiger partial charge in [0, 0.05) is 18.1 Å². The third kappa shape index (κ3) is 2.67. The first-order valence-corrected chi connectivity index (χ1v) is 8.00. The Bertz CT molecular complexity index is 1040. The molecule has 0 atom stereocenters. The van der Waals surface area contributed by atoms with Crippen LogP contribution in [0.15, 0.2) is 76.3 Å².